The molecule has 0 aliphatic heterocycles. The highest BCUT2D eigenvalue weighted by molar-refractivity contribution is 6.06. The van der Waals surface area contributed by atoms with E-state index in [0.717, 1.165) is 61.7 Å². The minimum Gasteiger partial charge on any atom is -0.504 e. The molecule has 40 heavy (non-hydrogen) atoms. The van der Waals surface area contributed by atoms with Crippen molar-refractivity contribution < 1.29 is 19.4 Å². The number of aliphatic hydroxyl groups is 1. The first-order valence-corrected chi connectivity index (χ1v) is 15.1. The standard InChI is InChI=1S/C36H44O4/c1-23-25-12-13-28-34(4,26(25)20-27(37)30(23)38)17-19-36(6)29-21-33(3,15-14-32(29,2)16-18-35(28,36)5)31(39)40-22-24-10-8-7-9-11-24/h7-13,20,29,38H,14-19,21-22H2,1-6H3/t29-,32-,33?,34+,35-,36+/m1/s1. The van der Waals surface area contributed by atoms with Crippen LogP contribution in [0.5, 0.6) is 0 Å². The zero-order valence-electron chi connectivity index (χ0n) is 25.0. The molecule has 5 aliphatic carbocycles. The van der Waals surface area contributed by atoms with E-state index in [2.05, 4.69) is 46.8 Å². The SMILES string of the molecule is CC1=C(O)C(=O)C=C2C1=CC=C1[C@@]2(C)CC[C@@]2(C)[C@@H]3CC(C)(C(=O)OCc4ccccc4)CC[C@]3(C)CC[C@]12C. The molecule has 1 aromatic rings. The Morgan fingerprint density at radius 1 is 0.950 bits per heavy atom. The second kappa shape index (κ2) is 8.81. The normalized spacial score (nSPS) is 40.5. The summed E-state index contributed by atoms with van der Waals surface area (Å²) >= 11 is 0. The highest BCUT2D eigenvalue weighted by Crippen LogP contribution is 2.75. The summed E-state index contributed by atoms with van der Waals surface area (Å²) in [6, 6.07) is 9.95. The van der Waals surface area contributed by atoms with Gasteiger partial charge in [0.25, 0.3) is 0 Å². The molecule has 3 fully saturated rings. The maximum atomic E-state index is 13.6. The van der Waals surface area contributed by atoms with Gasteiger partial charge in [-0.1, -0.05) is 75.8 Å². The second-order valence-electron chi connectivity index (χ2n) is 14.7. The fraction of sp³-hybridized carbons (Fsp3) is 0.556. The minimum atomic E-state index is -0.493. The molecule has 6 rings (SSSR count). The van der Waals surface area contributed by atoms with Gasteiger partial charge in [-0.3, -0.25) is 9.59 Å². The van der Waals surface area contributed by atoms with Crippen molar-refractivity contribution in [3.05, 3.63) is 82.2 Å². The molecule has 3 saturated carbocycles. The van der Waals surface area contributed by atoms with Crippen LogP contribution >= 0.6 is 0 Å². The summed E-state index contributed by atoms with van der Waals surface area (Å²) in [5.74, 6) is -0.0761. The third kappa shape index (κ3) is 3.63. The number of benzene rings is 1. The van der Waals surface area contributed by atoms with Gasteiger partial charge in [-0.05, 0) is 104 Å². The number of ketones is 1. The molecule has 0 aromatic heterocycles. The van der Waals surface area contributed by atoms with E-state index in [1.807, 2.05) is 37.3 Å². The Kier molecular flexibility index (Phi) is 6.01. The molecular formula is C36H44O4. The van der Waals surface area contributed by atoms with Crippen molar-refractivity contribution in [1.29, 1.82) is 0 Å². The highest BCUT2D eigenvalue weighted by Gasteiger charge is 2.67. The molecule has 5 aliphatic rings. The first kappa shape index (κ1) is 27.3. The molecular weight excluding hydrogens is 496 g/mol. The van der Waals surface area contributed by atoms with Gasteiger partial charge in [0.15, 0.2) is 5.76 Å². The lowest BCUT2D eigenvalue weighted by Gasteiger charge is -2.70. The van der Waals surface area contributed by atoms with Crippen LogP contribution < -0.4 is 0 Å². The largest absolute Gasteiger partial charge is 0.504 e. The Bertz CT molecular complexity index is 1410. The highest BCUT2D eigenvalue weighted by atomic mass is 16.5. The molecule has 0 radical (unpaired) electrons. The number of hydrogen-bond donors (Lipinski definition) is 1. The van der Waals surface area contributed by atoms with Crippen molar-refractivity contribution in [1.82, 2.24) is 0 Å². The maximum Gasteiger partial charge on any atom is 0.312 e. The van der Waals surface area contributed by atoms with E-state index in [1.54, 1.807) is 6.08 Å². The molecule has 4 nitrogen and oxygen atoms in total. The van der Waals surface area contributed by atoms with Crippen molar-refractivity contribution in [3.63, 3.8) is 0 Å². The summed E-state index contributed by atoms with van der Waals surface area (Å²) in [6.07, 6.45) is 13.2. The molecule has 1 N–H and O–H groups in total. The van der Waals surface area contributed by atoms with Crippen molar-refractivity contribution in [2.75, 3.05) is 0 Å². The van der Waals surface area contributed by atoms with Crippen LogP contribution in [0.1, 0.15) is 92.1 Å². The number of esters is 1. The summed E-state index contributed by atoms with van der Waals surface area (Å²) < 4.78 is 5.94. The number of allylic oxidation sites excluding steroid dienone is 7. The van der Waals surface area contributed by atoms with Crippen LogP contribution in [0.3, 0.4) is 0 Å². The monoisotopic (exact) mass is 540 g/mol. The molecule has 1 unspecified atom stereocenters. The molecule has 0 bridgehead atoms. The van der Waals surface area contributed by atoms with E-state index in [-0.39, 0.29) is 39.2 Å². The lowest BCUT2D eigenvalue weighted by atomic mass is 9.34. The van der Waals surface area contributed by atoms with Crippen molar-refractivity contribution in [2.24, 2.45) is 33.0 Å². The Morgan fingerprint density at radius 2 is 1.65 bits per heavy atom. The smallest absolute Gasteiger partial charge is 0.312 e. The van der Waals surface area contributed by atoms with Gasteiger partial charge >= 0.3 is 5.97 Å². The third-order valence-corrected chi connectivity index (χ3v) is 12.6. The van der Waals surface area contributed by atoms with Gasteiger partial charge in [-0.2, -0.15) is 0 Å². The fourth-order valence-electron chi connectivity index (χ4n) is 9.54. The van der Waals surface area contributed by atoms with Gasteiger partial charge in [0.2, 0.25) is 5.78 Å². The molecule has 0 heterocycles. The first-order valence-electron chi connectivity index (χ1n) is 15.1. The number of hydrogen-bond acceptors (Lipinski definition) is 4. The van der Waals surface area contributed by atoms with E-state index < -0.39 is 5.41 Å². The van der Waals surface area contributed by atoms with Crippen LogP contribution in [0, 0.1) is 33.0 Å². The minimum absolute atomic E-state index is 0.0182. The van der Waals surface area contributed by atoms with Crippen LogP contribution in [0.4, 0.5) is 0 Å². The van der Waals surface area contributed by atoms with E-state index in [1.165, 1.54) is 5.57 Å². The van der Waals surface area contributed by atoms with Crippen molar-refractivity contribution in [3.8, 4) is 0 Å². The zero-order valence-corrected chi connectivity index (χ0v) is 25.0. The first-order chi connectivity index (χ1) is 18.8. The van der Waals surface area contributed by atoms with Crippen LogP contribution in [0.15, 0.2) is 76.6 Å². The summed E-state index contributed by atoms with van der Waals surface area (Å²) in [7, 11) is 0. The molecule has 212 valence electrons. The summed E-state index contributed by atoms with van der Waals surface area (Å²) in [4.78, 5) is 26.4. The van der Waals surface area contributed by atoms with E-state index in [0.29, 0.717) is 18.1 Å². The van der Waals surface area contributed by atoms with Crippen LogP contribution in [0.25, 0.3) is 0 Å². The van der Waals surface area contributed by atoms with Crippen LogP contribution in [-0.2, 0) is 20.9 Å². The van der Waals surface area contributed by atoms with Gasteiger partial charge in [0.1, 0.15) is 6.61 Å². The lowest BCUT2D eigenvalue weighted by Crippen LogP contribution is -2.62. The predicted molar refractivity (Wildman–Crippen MR) is 157 cm³/mol. The van der Waals surface area contributed by atoms with Crippen LogP contribution in [0.2, 0.25) is 0 Å². The Hall–Kier alpha value is -2.88. The van der Waals surface area contributed by atoms with Gasteiger partial charge in [-0.25, -0.2) is 0 Å². The number of rotatable bonds is 3. The van der Waals surface area contributed by atoms with Gasteiger partial charge in [0.05, 0.1) is 5.41 Å². The Morgan fingerprint density at radius 3 is 2.38 bits per heavy atom. The van der Waals surface area contributed by atoms with Crippen molar-refractivity contribution >= 4 is 11.8 Å². The Labute approximate surface area is 239 Å². The van der Waals surface area contributed by atoms with E-state index in [9.17, 15) is 14.7 Å². The third-order valence-electron chi connectivity index (χ3n) is 12.6. The second-order valence-corrected chi connectivity index (χ2v) is 14.7. The number of ether oxygens (including phenoxy) is 1. The van der Waals surface area contributed by atoms with E-state index in [4.69, 9.17) is 4.74 Å². The van der Waals surface area contributed by atoms with Gasteiger partial charge in [0, 0.05) is 11.0 Å². The summed E-state index contributed by atoms with van der Waals surface area (Å²) in [5.41, 5.74) is 4.63. The number of carbonyl (C=O) groups excluding carboxylic acids is 2. The van der Waals surface area contributed by atoms with E-state index >= 15 is 0 Å². The summed E-state index contributed by atoms with van der Waals surface area (Å²) in [5, 5.41) is 10.4. The van der Waals surface area contributed by atoms with Gasteiger partial charge < -0.3 is 9.84 Å². The number of aliphatic hydroxyl groups excluding tert-OH is 1. The number of fused-ring (bicyclic) bond motifs is 7. The average molecular weight is 541 g/mol. The molecule has 0 spiro atoms. The lowest BCUT2D eigenvalue weighted by molar-refractivity contribution is -0.183. The zero-order chi connectivity index (χ0) is 28.7. The topological polar surface area (TPSA) is 63.6 Å². The fourth-order valence-corrected chi connectivity index (χ4v) is 9.54. The summed E-state index contributed by atoms with van der Waals surface area (Å²) in [6.45, 7) is 14.0. The van der Waals surface area contributed by atoms with Crippen LogP contribution in [-0.4, -0.2) is 16.9 Å². The molecule has 4 heteroatoms. The quantitative estimate of drug-likeness (QED) is 0.391. The molecule has 6 atom stereocenters. The Balaban J connectivity index is 1.34. The molecule has 1 aromatic carbocycles. The maximum absolute atomic E-state index is 13.6. The molecule has 0 saturated heterocycles. The average Bonchev–Trinajstić information content (AvgIpc) is 2.94. The van der Waals surface area contributed by atoms with Crippen molar-refractivity contribution in [2.45, 2.75) is 93.1 Å². The van der Waals surface area contributed by atoms with Gasteiger partial charge in [-0.15, -0.1) is 0 Å². The predicted octanol–water partition coefficient (Wildman–Crippen LogP) is 8.36. The molecule has 0 amide bonds. The number of carbonyl (C=O) groups is 2.